The molecule has 2 aromatic carbocycles. The number of para-hydroxylation sites is 1. The number of non-ortho nitro benzene ring substituents is 1. The van der Waals surface area contributed by atoms with E-state index in [-0.39, 0.29) is 10.6 Å². The van der Waals surface area contributed by atoms with Gasteiger partial charge in [0.1, 0.15) is 0 Å². The predicted molar refractivity (Wildman–Crippen MR) is 87.4 cm³/mol. The molecular weight excluding hydrogens is 298 g/mol. The lowest BCUT2D eigenvalue weighted by molar-refractivity contribution is -0.384. The first kappa shape index (κ1) is 13.0. The summed E-state index contributed by atoms with van der Waals surface area (Å²) in [6.45, 7) is 2.07. The summed E-state index contributed by atoms with van der Waals surface area (Å²) in [4.78, 5) is 16.0. The summed E-state index contributed by atoms with van der Waals surface area (Å²) in [7, 11) is 0. The van der Waals surface area contributed by atoms with Crippen LogP contribution in [0.2, 0.25) is 0 Å². The number of aromatic nitrogens is 2. The minimum atomic E-state index is -0.387. The molecule has 0 N–H and O–H groups in total. The van der Waals surface area contributed by atoms with Crippen LogP contribution >= 0.6 is 11.3 Å². The topological polar surface area (TPSA) is 60.4 Å². The molecule has 0 amide bonds. The molecule has 0 bridgehead atoms. The van der Waals surface area contributed by atoms with Crippen molar-refractivity contribution in [1.82, 2.24) is 9.38 Å². The Labute approximate surface area is 129 Å². The van der Waals surface area contributed by atoms with Gasteiger partial charge in [0.25, 0.3) is 5.69 Å². The van der Waals surface area contributed by atoms with E-state index in [9.17, 15) is 10.1 Å². The third-order valence-corrected chi connectivity index (χ3v) is 4.69. The highest BCUT2D eigenvalue weighted by atomic mass is 32.1. The second kappa shape index (κ2) is 4.64. The lowest BCUT2D eigenvalue weighted by atomic mass is 10.1. The molecule has 0 saturated heterocycles. The van der Waals surface area contributed by atoms with Gasteiger partial charge in [-0.2, -0.15) is 0 Å². The molecule has 4 rings (SSSR count). The molecule has 5 nitrogen and oxygen atoms in total. The summed E-state index contributed by atoms with van der Waals surface area (Å²) in [6, 6.07) is 12.8. The van der Waals surface area contributed by atoms with E-state index >= 15 is 0 Å². The van der Waals surface area contributed by atoms with Gasteiger partial charge in [0.2, 0.25) is 0 Å². The number of nitro groups is 1. The van der Waals surface area contributed by atoms with Gasteiger partial charge in [-0.15, -0.1) is 0 Å². The number of benzene rings is 2. The van der Waals surface area contributed by atoms with Gasteiger partial charge < -0.3 is 0 Å². The molecule has 0 saturated carbocycles. The number of hydrogen-bond donors (Lipinski definition) is 0. The molecule has 0 spiro atoms. The average Bonchev–Trinajstić information content (AvgIpc) is 3.05. The lowest BCUT2D eigenvalue weighted by Gasteiger charge is -1.97. The van der Waals surface area contributed by atoms with E-state index in [4.69, 9.17) is 0 Å². The van der Waals surface area contributed by atoms with Crippen LogP contribution in [0.5, 0.6) is 0 Å². The van der Waals surface area contributed by atoms with E-state index in [0.717, 1.165) is 21.7 Å². The number of imidazole rings is 1. The molecule has 108 valence electrons. The molecule has 6 heteroatoms. The highest BCUT2D eigenvalue weighted by Gasteiger charge is 2.13. The highest BCUT2D eigenvalue weighted by Crippen LogP contribution is 2.31. The van der Waals surface area contributed by atoms with Crippen molar-refractivity contribution in [1.29, 1.82) is 0 Å². The zero-order valence-electron chi connectivity index (χ0n) is 11.7. The fourth-order valence-electron chi connectivity index (χ4n) is 2.63. The number of nitrogens with zero attached hydrogens (tertiary/aromatic N) is 3. The number of fused-ring (bicyclic) bond motifs is 3. The van der Waals surface area contributed by atoms with Gasteiger partial charge in [-0.05, 0) is 18.6 Å². The van der Waals surface area contributed by atoms with Gasteiger partial charge in [-0.3, -0.25) is 14.5 Å². The molecule has 4 aromatic rings. The summed E-state index contributed by atoms with van der Waals surface area (Å²) in [5.41, 5.74) is 3.92. The van der Waals surface area contributed by atoms with Crippen LogP contribution in [0.1, 0.15) is 5.56 Å². The quantitative estimate of drug-likeness (QED) is 0.406. The van der Waals surface area contributed by atoms with E-state index in [1.807, 2.05) is 18.3 Å². The number of aryl methyl sites for hydroxylation is 1. The van der Waals surface area contributed by atoms with Crippen molar-refractivity contribution < 1.29 is 4.92 Å². The Bertz CT molecular complexity index is 1030. The highest BCUT2D eigenvalue weighted by molar-refractivity contribution is 7.23. The minimum Gasteiger partial charge on any atom is -0.289 e. The maximum absolute atomic E-state index is 10.9. The van der Waals surface area contributed by atoms with E-state index in [1.165, 1.54) is 16.3 Å². The van der Waals surface area contributed by atoms with Crippen molar-refractivity contribution in [3.63, 3.8) is 0 Å². The molecule has 0 unspecified atom stereocenters. The van der Waals surface area contributed by atoms with Gasteiger partial charge in [0.05, 0.1) is 20.8 Å². The van der Waals surface area contributed by atoms with Crippen molar-refractivity contribution in [2.24, 2.45) is 0 Å². The maximum atomic E-state index is 10.9. The van der Waals surface area contributed by atoms with Crippen molar-refractivity contribution in [3.8, 4) is 11.3 Å². The zero-order valence-corrected chi connectivity index (χ0v) is 12.5. The van der Waals surface area contributed by atoms with E-state index in [1.54, 1.807) is 23.5 Å². The second-order valence-corrected chi connectivity index (χ2v) is 6.12. The third kappa shape index (κ3) is 1.88. The fourth-order valence-corrected chi connectivity index (χ4v) is 3.72. The first-order chi connectivity index (χ1) is 10.6. The normalized spacial score (nSPS) is 11.3. The van der Waals surface area contributed by atoms with Crippen molar-refractivity contribution in [2.75, 3.05) is 0 Å². The Morgan fingerprint density at radius 1 is 1.23 bits per heavy atom. The SMILES string of the molecule is Cc1cccc2sc3nc(-c4cccc([N+](=O)[O-])c4)cn3c12. The monoisotopic (exact) mass is 309 g/mol. The molecule has 0 atom stereocenters. The standard InChI is InChI=1S/C16H11N3O2S/c1-10-4-2-7-14-15(10)18-9-13(17-16(18)22-14)11-5-3-6-12(8-11)19(20)21/h2-9H,1H3. The first-order valence-electron chi connectivity index (χ1n) is 6.75. The van der Waals surface area contributed by atoms with Crippen LogP contribution in [0, 0.1) is 17.0 Å². The van der Waals surface area contributed by atoms with E-state index in [2.05, 4.69) is 28.4 Å². The molecule has 22 heavy (non-hydrogen) atoms. The van der Waals surface area contributed by atoms with E-state index < -0.39 is 0 Å². The second-order valence-electron chi connectivity index (χ2n) is 5.11. The van der Waals surface area contributed by atoms with Crippen LogP contribution in [0.4, 0.5) is 5.69 Å². The Hall–Kier alpha value is -2.73. The number of hydrogen-bond acceptors (Lipinski definition) is 4. The Balaban J connectivity index is 1.93. The molecule has 2 heterocycles. The van der Waals surface area contributed by atoms with Crippen LogP contribution < -0.4 is 0 Å². The van der Waals surface area contributed by atoms with Gasteiger partial charge in [-0.1, -0.05) is 35.6 Å². The van der Waals surface area contributed by atoms with Crippen LogP contribution in [0.15, 0.2) is 48.7 Å². The summed E-state index contributed by atoms with van der Waals surface area (Å²) >= 11 is 1.62. The third-order valence-electron chi connectivity index (χ3n) is 3.67. The molecule has 0 radical (unpaired) electrons. The number of rotatable bonds is 2. The number of nitro benzene ring substituents is 1. The number of thiazole rings is 1. The molecule has 0 aliphatic heterocycles. The molecule has 0 fully saturated rings. The summed E-state index contributed by atoms with van der Waals surface area (Å²) in [6.07, 6.45) is 1.94. The van der Waals surface area contributed by atoms with Crippen LogP contribution in [-0.2, 0) is 0 Å². The smallest absolute Gasteiger partial charge is 0.270 e. The van der Waals surface area contributed by atoms with Crippen molar-refractivity contribution >= 4 is 32.2 Å². The van der Waals surface area contributed by atoms with Crippen molar-refractivity contribution in [2.45, 2.75) is 6.92 Å². The van der Waals surface area contributed by atoms with Gasteiger partial charge in [0.15, 0.2) is 4.96 Å². The minimum absolute atomic E-state index is 0.0786. The Morgan fingerprint density at radius 3 is 2.86 bits per heavy atom. The van der Waals surface area contributed by atoms with Crippen LogP contribution in [-0.4, -0.2) is 14.3 Å². The fraction of sp³-hybridized carbons (Fsp3) is 0.0625. The van der Waals surface area contributed by atoms with E-state index in [0.29, 0.717) is 0 Å². The molecule has 0 aliphatic carbocycles. The summed E-state index contributed by atoms with van der Waals surface area (Å²) < 4.78 is 3.25. The molecular formula is C16H11N3O2S. The van der Waals surface area contributed by atoms with Gasteiger partial charge in [0, 0.05) is 23.9 Å². The zero-order chi connectivity index (χ0) is 15.3. The van der Waals surface area contributed by atoms with Crippen LogP contribution in [0.25, 0.3) is 26.4 Å². The first-order valence-corrected chi connectivity index (χ1v) is 7.57. The van der Waals surface area contributed by atoms with Gasteiger partial charge >= 0.3 is 0 Å². The van der Waals surface area contributed by atoms with Gasteiger partial charge in [-0.25, -0.2) is 4.98 Å². The van der Waals surface area contributed by atoms with Crippen molar-refractivity contribution in [3.05, 3.63) is 64.3 Å². The van der Waals surface area contributed by atoms with Crippen LogP contribution in [0.3, 0.4) is 0 Å². The Kier molecular flexibility index (Phi) is 2.74. The summed E-state index contributed by atoms with van der Waals surface area (Å²) in [5.74, 6) is 0. The molecule has 2 aromatic heterocycles. The predicted octanol–water partition coefficient (Wildman–Crippen LogP) is 4.43. The average molecular weight is 309 g/mol. The Morgan fingerprint density at radius 2 is 2.05 bits per heavy atom. The maximum Gasteiger partial charge on any atom is 0.270 e. The summed E-state index contributed by atoms with van der Waals surface area (Å²) in [5, 5.41) is 10.9. The lowest BCUT2D eigenvalue weighted by Crippen LogP contribution is -1.88. The largest absolute Gasteiger partial charge is 0.289 e. The molecule has 0 aliphatic rings.